The maximum absolute atomic E-state index is 12.5. The van der Waals surface area contributed by atoms with Crippen LogP contribution in [0.25, 0.3) is 0 Å². The number of hydrogen-bond acceptors (Lipinski definition) is 7. The van der Waals surface area contributed by atoms with Crippen molar-refractivity contribution in [2.75, 3.05) is 6.61 Å². The van der Waals surface area contributed by atoms with E-state index in [0.717, 1.165) is 0 Å². The molecule has 6 rings (SSSR count). The molecule has 0 amide bonds. The predicted octanol–water partition coefficient (Wildman–Crippen LogP) is -0.849. The number of esters is 2. The summed E-state index contributed by atoms with van der Waals surface area (Å²) < 4.78 is 22.3. The third-order valence-corrected chi connectivity index (χ3v) is 7.33. The monoisotopic (exact) mass is 308 g/mol. The van der Waals surface area contributed by atoms with E-state index in [2.05, 4.69) is 0 Å². The highest BCUT2D eigenvalue weighted by atomic mass is 16.7. The third-order valence-electron chi connectivity index (χ3n) is 7.33. The molecule has 4 saturated heterocycles. The molecule has 4 aliphatic heterocycles. The minimum Gasteiger partial charge on any atom is -0.458 e. The van der Waals surface area contributed by atoms with Crippen LogP contribution in [-0.2, 0) is 28.5 Å². The molecule has 7 nitrogen and oxygen atoms in total. The van der Waals surface area contributed by atoms with E-state index in [1.165, 1.54) is 0 Å². The van der Waals surface area contributed by atoms with Crippen LogP contribution in [-0.4, -0.2) is 58.8 Å². The zero-order valence-corrected chi connectivity index (χ0v) is 12.2. The van der Waals surface area contributed by atoms with Gasteiger partial charge in [-0.1, -0.05) is 0 Å². The minimum atomic E-state index is -1.35. The molecule has 2 saturated carbocycles. The van der Waals surface area contributed by atoms with Crippen molar-refractivity contribution in [3.8, 4) is 0 Å². The molecule has 1 N–H and O–H groups in total. The molecule has 2 aliphatic carbocycles. The van der Waals surface area contributed by atoms with Gasteiger partial charge in [0.05, 0.1) is 29.1 Å². The van der Waals surface area contributed by atoms with Gasteiger partial charge >= 0.3 is 11.9 Å². The summed E-state index contributed by atoms with van der Waals surface area (Å²) in [6.07, 6.45) is -1.33. The minimum absolute atomic E-state index is 0.272. The van der Waals surface area contributed by atoms with Crippen LogP contribution in [0.2, 0.25) is 0 Å². The van der Waals surface area contributed by atoms with Crippen LogP contribution < -0.4 is 0 Å². The first-order chi connectivity index (χ1) is 10.3. The second-order valence-electron chi connectivity index (χ2n) is 8.01. The van der Waals surface area contributed by atoms with Crippen molar-refractivity contribution in [2.24, 2.45) is 17.3 Å². The second kappa shape index (κ2) is 2.83. The van der Waals surface area contributed by atoms with E-state index in [9.17, 15) is 14.7 Å². The van der Waals surface area contributed by atoms with Gasteiger partial charge in [-0.2, -0.15) is 0 Å². The van der Waals surface area contributed by atoms with E-state index >= 15 is 0 Å². The van der Waals surface area contributed by atoms with Gasteiger partial charge in [0, 0.05) is 12.3 Å². The van der Waals surface area contributed by atoms with Crippen LogP contribution in [0.1, 0.15) is 20.3 Å². The summed E-state index contributed by atoms with van der Waals surface area (Å²) in [6.45, 7) is 4.26. The molecule has 3 unspecified atom stereocenters. The maximum atomic E-state index is 12.5. The van der Waals surface area contributed by atoms with Crippen LogP contribution in [0.3, 0.4) is 0 Å². The zero-order chi connectivity index (χ0) is 15.3. The fraction of sp³-hybridized carbons (Fsp3) is 0.867. The van der Waals surface area contributed by atoms with E-state index in [1.807, 2.05) is 13.8 Å². The van der Waals surface area contributed by atoms with E-state index in [1.54, 1.807) is 0 Å². The summed E-state index contributed by atoms with van der Waals surface area (Å²) in [7, 11) is 0. The molecule has 0 radical (unpaired) electrons. The summed E-state index contributed by atoms with van der Waals surface area (Å²) in [5.74, 6) is -1.81. The Morgan fingerprint density at radius 3 is 2.64 bits per heavy atom. The Labute approximate surface area is 125 Å². The Hall–Kier alpha value is -1.18. The van der Waals surface area contributed by atoms with E-state index in [0.29, 0.717) is 6.61 Å². The van der Waals surface area contributed by atoms with Gasteiger partial charge < -0.3 is 24.1 Å². The molecule has 0 aromatic heterocycles. The standard InChI is InChI=1S/C15H16O7/c1-12(4-19-12)6-7-10(16)20-8(6)9-13(2)14(7,18)3-5-15(13,22-5)11(17)21-9/h5-9,18H,3-4H2,1-2H3/t5-,6?,7-,8-,9?,12?,13-,14-,15+/m1/s1. The van der Waals surface area contributed by atoms with E-state index < -0.39 is 52.3 Å². The molecule has 9 atom stereocenters. The van der Waals surface area contributed by atoms with Gasteiger partial charge in [-0.3, -0.25) is 4.79 Å². The number of hydrogen-bond donors (Lipinski definition) is 1. The lowest BCUT2D eigenvalue weighted by molar-refractivity contribution is -0.207. The quantitative estimate of drug-likeness (QED) is 0.498. The molecule has 118 valence electrons. The van der Waals surface area contributed by atoms with Gasteiger partial charge in [-0.15, -0.1) is 0 Å². The number of fused-ring (bicyclic) bond motifs is 4. The molecule has 0 aromatic carbocycles. The predicted molar refractivity (Wildman–Crippen MR) is 66.4 cm³/mol. The molecule has 22 heavy (non-hydrogen) atoms. The Kier molecular flexibility index (Phi) is 1.58. The zero-order valence-electron chi connectivity index (χ0n) is 12.2. The Morgan fingerprint density at radius 1 is 1.23 bits per heavy atom. The first-order valence-electron chi connectivity index (χ1n) is 7.75. The molecule has 4 heterocycles. The van der Waals surface area contributed by atoms with Gasteiger partial charge in [0.1, 0.15) is 12.2 Å². The molecule has 6 fully saturated rings. The largest absolute Gasteiger partial charge is 0.458 e. The summed E-state index contributed by atoms with van der Waals surface area (Å²) in [6, 6.07) is 0. The van der Waals surface area contributed by atoms with Crippen molar-refractivity contribution < 1.29 is 33.6 Å². The molecule has 7 heteroatoms. The first kappa shape index (κ1) is 12.3. The van der Waals surface area contributed by atoms with Crippen molar-refractivity contribution >= 4 is 11.9 Å². The Bertz CT molecular complexity index is 671. The highest BCUT2D eigenvalue weighted by Crippen LogP contribution is 2.77. The van der Waals surface area contributed by atoms with Crippen LogP contribution >= 0.6 is 0 Å². The number of carbonyl (C=O) groups excluding carboxylic acids is 2. The van der Waals surface area contributed by atoms with Crippen LogP contribution in [0.15, 0.2) is 0 Å². The third kappa shape index (κ3) is 0.851. The van der Waals surface area contributed by atoms with Crippen LogP contribution in [0.4, 0.5) is 0 Å². The summed E-state index contributed by atoms with van der Waals surface area (Å²) in [4.78, 5) is 24.9. The Morgan fingerprint density at radius 2 is 1.95 bits per heavy atom. The number of rotatable bonds is 1. The lowest BCUT2D eigenvalue weighted by Gasteiger charge is -2.51. The summed E-state index contributed by atoms with van der Waals surface area (Å²) in [5, 5.41) is 11.5. The lowest BCUT2D eigenvalue weighted by atomic mass is 9.52. The Balaban J connectivity index is 1.61. The van der Waals surface area contributed by atoms with Crippen molar-refractivity contribution in [3.63, 3.8) is 0 Å². The van der Waals surface area contributed by atoms with Crippen molar-refractivity contribution in [1.29, 1.82) is 0 Å². The second-order valence-corrected chi connectivity index (χ2v) is 8.01. The fourth-order valence-electron chi connectivity index (χ4n) is 6.03. The van der Waals surface area contributed by atoms with Gasteiger partial charge in [-0.25, -0.2) is 4.79 Å². The summed E-state index contributed by atoms with van der Waals surface area (Å²) in [5.41, 5.74) is -3.87. The van der Waals surface area contributed by atoms with Gasteiger partial charge in [0.15, 0.2) is 6.10 Å². The van der Waals surface area contributed by atoms with Gasteiger partial charge in [0.2, 0.25) is 5.60 Å². The molecular formula is C15H16O7. The highest BCUT2D eigenvalue weighted by molar-refractivity contribution is 5.91. The number of epoxide rings is 2. The fourth-order valence-corrected chi connectivity index (χ4v) is 6.03. The number of carbonyl (C=O) groups is 2. The van der Waals surface area contributed by atoms with Gasteiger partial charge in [0.25, 0.3) is 0 Å². The van der Waals surface area contributed by atoms with Crippen LogP contribution in [0, 0.1) is 17.3 Å². The van der Waals surface area contributed by atoms with Crippen LogP contribution in [0.5, 0.6) is 0 Å². The summed E-state index contributed by atoms with van der Waals surface area (Å²) >= 11 is 0. The lowest BCUT2D eigenvalue weighted by Crippen LogP contribution is -2.68. The molecule has 0 aromatic rings. The van der Waals surface area contributed by atoms with Crippen molar-refractivity contribution in [3.05, 3.63) is 0 Å². The SMILES string of the molecule is CC1(C2[C@H]3OC(=O)[C@@H]2[C@]2(O)C[C@H]4O[C@]45C(=O)OC3[C@]25C)CO1. The van der Waals surface area contributed by atoms with E-state index in [-0.39, 0.29) is 18.4 Å². The molecule has 1 spiro atoms. The number of aliphatic hydroxyl groups is 1. The normalized spacial score (nSPS) is 69.1. The highest BCUT2D eigenvalue weighted by Gasteiger charge is 2.96. The molecular weight excluding hydrogens is 292 g/mol. The molecule has 2 bridgehead atoms. The smallest absolute Gasteiger partial charge is 0.342 e. The topological polar surface area (TPSA) is 97.9 Å². The maximum Gasteiger partial charge on any atom is 0.342 e. The van der Waals surface area contributed by atoms with Gasteiger partial charge in [-0.05, 0) is 13.8 Å². The average molecular weight is 308 g/mol. The average Bonchev–Trinajstić information content (AvgIpc) is 3.28. The van der Waals surface area contributed by atoms with E-state index in [4.69, 9.17) is 18.9 Å². The first-order valence-corrected chi connectivity index (χ1v) is 7.75. The molecule has 6 aliphatic rings. The van der Waals surface area contributed by atoms with Crippen molar-refractivity contribution in [1.82, 2.24) is 0 Å². The van der Waals surface area contributed by atoms with Crippen molar-refractivity contribution in [2.45, 2.75) is 55.4 Å². The number of ether oxygens (including phenoxy) is 4.